The molecule has 0 aromatic heterocycles. The van der Waals surface area contributed by atoms with Crippen molar-refractivity contribution in [3.8, 4) is 0 Å². The van der Waals surface area contributed by atoms with Crippen LogP contribution in [-0.4, -0.2) is 35.6 Å². The van der Waals surface area contributed by atoms with E-state index in [1.54, 1.807) is 0 Å². The van der Waals surface area contributed by atoms with Crippen LogP contribution in [0.15, 0.2) is 18.2 Å². The van der Waals surface area contributed by atoms with Gasteiger partial charge in [-0.05, 0) is 25.5 Å². The molecule has 1 aliphatic carbocycles. The van der Waals surface area contributed by atoms with Crippen LogP contribution in [0.3, 0.4) is 0 Å². The first-order valence-corrected chi connectivity index (χ1v) is 6.66. The molecule has 0 heterocycles. The summed E-state index contributed by atoms with van der Waals surface area (Å²) in [7, 11) is 0. The number of nitro benzene ring substituents is 1. The second-order valence-electron chi connectivity index (χ2n) is 4.92. The molecule has 3 unspecified atom stereocenters. The average molecular weight is 294 g/mol. The summed E-state index contributed by atoms with van der Waals surface area (Å²) in [5.41, 5.74) is 11.2. The van der Waals surface area contributed by atoms with E-state index in [9.17, 15) is 14.9 Å². The molecule has 0 radical (unpaired) electrons. The molecule has 0 saturated heterocycles. The van der Waals surface area contributed by atoms with Crippen LogP contribution in [-0.2, 0) is 4.74 Å². The molecular weight excluding hydrogens is 276 g/mol. The van der Waals surface area contributed by atoms with E-state index in [4.69, 9.17) is 16.2 Å². The lowest BCUT2D eigenvalue weighted by molar-refractivity contribution is -0.384. The van der Waals surface area contributed by atoms with Crippen LogP contribution in [0.2, 0.25) is 0 Å². The third kappa shape index (κ3) is 3.11. The fourth-order valence-electron chi connectivity index (χ4n) is 2.36. The number of hydrogen-bond acceptors (Lipinski definition) is 6. The first kappa shape index (κ1) is 15.2. The van der Waals surface area contributed by atoms with Crippen LogP contribution in [0.1, 0.15) is 23.7 Å². The number of nitro groups is 1. The van der Waals surface area contributed by atoms with Gasteiger partial charge in [0.15, 0.2) is 0 Å². The fraction of sp³-hybridized carbons (Fsp3) is 0.462. The van der Waals surface area contributed by atoms with E-state index >= 15 is 0 Å². The van der Waals surface area contributed by atoms with Crippen molar-refractivity contribution in [2.45, 2.75) is 31.5 Å². The molecule has 8 nitrogen and oxygen atoms in total. The molecule has 1 saturated carbocycles. The number of primary amides is 1. The maximum absolute atomic E-state index is 11.1. The summed E-state index contributed by atoms with van der Waals surface area (Å²) in [4.78, 5) is 21.7. The summed E-state index contributed by atoms with van der Waals surface area (Å²) >= 11 is 0. The summed E-state index contributed by atoms with van der Waals surface area (Å²) in [6.07, 6.45) is 0.638. The molecule has 8 heteroatoms. The van der Waals surface area contributed by atoms with Crippen LogP contribution in [0.4, 0.5) is 11.4 Å². The van der Waals surface area contributed by atoms with E-state index in [1.807, 2.05) is 6.92 Å². The van der Waals surface area contributed by atoms with Crippen molar-refractivity contribution in [3.05, 3.63) is 33.9 Å². The summed E-state index contributed by atoms with van der Waals surface area (Å²) in [6, 6.07) is 3.74. The van der Waals surface area contributed by atoms with Gasteiger partial charge in [-0.2, -0.15) is 0 Å². The van der Waals surface area contributed by atoms with Crippen molar-refractivity contribution in [3.63, 3.8) is 0 Å². The molecule has 0 spiro atoms. The van der Waals surface area contributed by atoms with Gasteiger partial charge in [0.25, 0.3) is 5.69 Å². The lowest BCUT2D eigenvalue weighted by Gasteiger charge is -2.42. The molecule has 1 fully saturated rings. The lowest BCUT2D eigenvalue weighted by atomic mass is 9.83. The van der Waals surface area contributed by atoms with Crippen molar-refractivity contribution < 1.29 is 14.5 Å². The molecule has 114 valence electrons. The van der Waals surface area contributed by atoms with E-state index in [0.717, 1.165) is 6.07 Å². The van der Waals surface area contributed by atoms with Gasteiger partial charge in [0, 0.05) is 24.3 Å². The second-order valence-corrected chi connectivity index (χ2v) is 4.92. The molecular formula is C13H18N4O4. The van der Waals surface area contributed by atoms with Crippen LogP contribution in [0.5, 0.6) is 0 Å². The Morgan fingerprint density at radius 2 is 2.29 bits per heavy atom. The highest BCUT2D eigenvalue weighted by Crippen LogP contribution is 2.31. The van der Waals surface area contributed by atoms with Gasteiger partial charge in [-0.25, -0.2) is 0 Å². The maximum atomic E-state index is 11.1. The Balaban J connectivity index is 2.23. The topological polar surface area (TPSA) is 134 Å². The zero-order chi connectivity index (χ0) is 15.6. The third-order valence-corrected chi connectivity index (χ3v) is 3.55. The SMILES string of the molecule is CCOC1CC(N)C1Nc1ccc(C(N)=O)cc1[N+](=O)[O-]. The van der Waals surface area contributed by atoms with Crippen molar-refractivity contribution in [1.82, 2.24) is 0 Å². The maximum Gasteiger partial charge on any atom is 0.293 e. The smallest absolute Gasteiger partial charge is 0.293 e. The predicted octanol–water partition coefficient (Wildman–Crippen LogP) is 0.610. The number of nitrogens with one attached hydrogen (secondary N) is 1. The van der Waals surface area contributed by atoms with Crippen LogP contribution in [0.25, 0.3) is 0 Å². The van der Waals surface area contributed by atoms with Crippen molar-refractivity contribution in [2.75, 3.05) is 11.9 Å². The molecule has 2 rings (SSSR count). The lowest BCUT2D eigenvalue weighted by Crippen LogP contribution is -2.60. The highest BCUT2D eigenvalue weighted by atomic mass is 16.6. The Morgan fingerprint density at radius 3 is 2.81 bits per heavy atom. The first-order chi connectivity index (χ1) is 9.93. The Labute approximate surface area is 121 Å². The van der Waals surface area contributed by atoms with Crippen molar-refractivity contribution in [1.29, 1.82) is 0 Å². The molecule has 0 aliphatic heterocycles. The highest BCUT2D eigenvalue weighted by Gasteiger charge is 2.40. The summed E-state index contributed by atoms with van der Waals surface area (Å²) in [5.74, 6) is -0.711. The quantitative estimate of drug-likeness (QED) is 0.520. The van der Waals surface area contributed by atoms with Gasteiger partial charge in [-0.15, -0.1) is 0 Å². The number of rotatable bonds is 6. The molecule has 5 N–H and O–H groups in total. The summed E-state index contributed by atoms with van der Waals surface area (Å²) in [5, 5.41) is 14.2. The molecule has 3 atom stereocenters. The van der Waals surface area contributed by atoms with Gasteiger partial charge in [-0.1, -0.05) is 0 Å². The van der Waals surface area contributed by atoms with Gasteiger partial charge in [0.2, 0.25) is 5.91 Å². The number of carbonyl (C=O) groups is 1. The van der Waals surface area contributed by atoms with E-state index in [-0.39, 0.29) is 29.4 Å². The minimum absolute atomic E-state index is 0.0691. The van der Waals surface area contributed by atoms with E-state index in [1.165, 1.54) is 12.1 Å². The molecule has 1 aromatic rings. The Bertz CT molecular complexity index is 561. The van der Waals surface area contributed by atoms with Crippen LogP contribution in [0, 0.1) is 10.1 Å². The Hall–Kier alpha value is -2.19. The Kier molecular flexibility index (Phi) is 4.39. The number of benzene rings is 1. The zero-order valence-corrected chi connectivity index (χ0v) is 11.6. The number of nitrogens with two attached hydrogens (primary N) is 2. The number of nitrogens with zero attached hydrogens (tertiary/aromatic N) is 1. The predicted molar refractivity (Wildman–Crippen MR) is 77.0 cm³/mol. The van der Waals surface area contributed by atoms with Gasteiger partial charge < -0.3 is 21.5 Å². The van der Waals surface area contributed by atoms with Gasteiger partial charge in [0.1, 0.15) is 5.69 Å². The van der Waals surface area contributed by atoms with E-state index < -0.39 is 10.8 Å². The van der Waals surface area contributed by atoms with Crippen molar-refractivity contribution in [2.24, 2.45) is 11.5 Å². The van der Waals surface area contributed by atoms with Crippen LogP contribution >= 0.6 is 0 Å². The first-order valence-electron chi connectivity index (χ1n) is 6.66. The molecule has 1 aromatic carbocycles. The number of amides is 1. The second kappa shape index (κ2) is 6.06. The minimum Gasteiger partial charge on any atom is -0.376 e. The standard InChI is InChI=1S/C13H18N4O4/c1-2-21-11-6-8(14)12(11)16-9-4-3-7(13(15)18)5-10(9)17(19)20/h3-5,8,11-12,16H,2,6,14H2,1H3,(H2,15,18). The molecule has 21 heavy (non-hydrogen) atoms. The Morgan fingerprint density at radius 1 is 1.57 bits per heavy atom. The number of carbonyl (C=O) groups excluding carboxylic acids is 1. The summed E-state index contributed by atoms with van der Waals surface area (Å²) in [6.45, 7) is 2.43. The van der Waals surface area contributed by atoms with Gasteiger partial charge in [0.05, 0.1) is 17.1 Å². The molecule has 1 aliphatic rings. The van der Waals surface area contributed by atoms with Crippen LogP contribution < -0.4 is 16.8 Å². The molecule has 0 bridgehead atoms. The summed E-state index contributed by atoms with van der Waals surface area (Å²) < 4.78 is 5.51. The number of hydrogen-bond donors (Lipinski definition) is 3. The normalized spacial score (nSPS) is 24.2. The van der Waals surface area contributed by atoms with E-state index in [2.05, 4.69) is 5.32 Å². The number of anilines is 1. The highest BCUT2D eigenvalue weighted by molar-refractivity contribution is 5.94. The number of ether oxygens (including phenoxy) is 1. The minimum atomic E-state index is -0.711. The van der Waals surface area contributed by atoms with E-state index in [0.29, 0.717) is 18.7 Å². The van der Waals surface area contributed by atoms with Crippen molar-refractivity contribution >= 4 is 17.3 Å². The average Bonchev–Trinajstić information content (AvgIpc) is 2.44. The molecule has 1 amide bonds. The third-order valence-electron chi connectivity index (χ3n) is 3.55. The fourth-order valence-corrected chi connectivity index (χ4v) is 2.36. The monoisotopic (exact) mass is 294 g/mol. The zero-order valence-electron chi connectivity index (χ0n) is 11.6. The van der Waals surface area contributed by atoms with Gasteiger partial charge >= 0.3 is 0 Å². The van der Waals surface area contributed by atoms with Gasteiger partial charge in [-0.3, -0.25) is 14.9 Å². The largest absolute Gasteiger partial charge is 0.376 e.